The monoisotopic (exact) mass is 497 g/mol. The Kier molecular flexibility index (Phi) is 6.12. The number of methoxy groups -OCH3 is 1. The SMILES string of the molecule is COc1ccc(C(=O)Nc2cc3c(c(-c4ccc5cnn(C)c5c4)c2)CN(CC(C)C(N)=O)C3=O)cc1. The van der Waals surface area contributed by atoms with Crippen LogP contribution in [-0.2, 0) is 18.4 Å². The van der Waals surface area contributed by atoms with Crippen LogP contribution in [-0.4, -0.2) is 46.1 Å². The van der Waals surface area contributed by atoms with Crippen molar-refractivity contribution in [3.8, 4) is 16.9 Å². The highest BCUT2D eigenvalue weighted by Gasteiger charge is 2.32. The summed E-state index contributed by atoms with van der Waals surface area (Å²) in [5.41, 5.74) is 10.4. The van der Waals surface area contributed by atoms with E-state index in [1.54, 1.807) is 60.1 Å². The Balaban J connectivity index is 1.56. The Morgan fingerprint density at radius 3 is 2.54 bits per heavy atom. The van der Waals surface area contributed by atoms with Crippen LogP contribution in [0.15, 0.2) is 60.8 Å². The first kappa shape index (κ1) is 24.1. The molecule has 3 N–H and O–H groups in total. The fourth-order valence-electron chi connectivity index (χ4n) is 4.62. The number of hydrogen-bond donors (Lipinski definition) is 2. The van der Waals surface area contributed by atoms with E-state index in [-0.39, 0.29) is 18.4 Å². The number of aryl methyl sites for hydroxylation is 1. The first-order chi connectivity index (χ1) is 17.7. The molecule has 0 spiro atoms. The molecule has 0 bridgehead atoms. The lowest BCUT2D eigenvalue weighted by Crippen LogP contribution is -2.34. The van der Waals surface area contributed by atoms with Crippen molar-refractivity contribution in [2.45, 2.75) is 13.5 Å². The second kappa shape index (κ2) is 9.42. The number of nitrogens with zero attached hydrogens (tertiary/aromatic N) is 3. The third kappa shape index (κ3) is 4.51. The fraction of sp³-hybridized carbons (Fsp3) is 0.214. The van der Waals surface area contributed by atoms with Gasteiger partial charge in [0.05, 0.1) is 24.7 Å². The number of primary amides is 1. The van der Waals surface area contributed by atoms with E-state index in [4.69, 9.17) is 10.5 Å². The Morgan fingerprint density at radius 2 is 1.84 bits per heavy atom. The van der Waals surface area contributed by atoms with Gasteiger partial charge in [0, 0.05) is 42.3 Å². The predicted molar refractivity (Wildman–Crippen MR) is 140 cm³/mol. The molecule has 1 aromatic heterocycles. The van der Waals surface area contributed by atoms with Crippen molar-refractivity contribution in [1.82, 2.24) is 14.7 Å². The zero-order valence-corrected chi connectivity index (χ0v) is 20.8. The van der Waals surface area contributed by atoms with Gasteiger partial charge in [-0.1, -0.05) is 19.1 Å². The summed E-state index contributed by atoms with van der Waals surface area (Å²) >= 11 is 0. The second-order valence-electron chi connectivity index (χ2n) is 9.26. The molecule has 1 unspecified atom stereocenters. The summed E-state index contributed by atoms with van der Waals surface area (Å²) in [6.07, 6.45) is 1.80. The van der Waals surface area contributed by atoms with Crippen LogP contribution in [0.2, 0.25) is 0 Å². The van der Waals surface area contributed by atoms with Crippen molar-refractivity contribution < 1.29 is 19.1 Å². The van der Waals surface area contributed by atoms with Crippen molar-refractivity contribution in [3.63, 3.8) is 0 Å². The number of carbonyl (C=O) groups excluding carboxylic acids is 3. The Bertz CT molecular complexity index is 1540. The van der Waals surface area contributed by atoms with Gasteiger partial charge in [-0.25, -0.2) is 0 Å². The van der Waals surface area contributed by atoms with Crippen LogP contribution in [0.5, 0.6) is 5.75 Å². The normalized spacial score (nSPS) is 13.5. The molecule has 9 heteroatoms. The van der Waals surface area contributed by atoms with E-state index < -0.39 is 11.8 Å². The van der Waals surface area contributed by atoms with Crippen molar-refractivity contribution in [2.75, 3.05) is 19.0 Å². The smallest absolute Gasteiger partial charge is 0.255 e. The van der Waals surface area contributed by atoms with Crippen LogP contribution < -0.4 is 15.8 Å². The molecule has 37 heavy (non-hydrogen) atoms. The minimum absolute atomic E-state index is 0.202. The van der Waals surface area contributed by atoms with Crippen molar-refractivity contribution >= 4 is 34.3 Å². The van der Waals surface area contributed by atoms with E-state index in [1.165, 1.54) is 0 Å². The minimum atomic E-state index is -0.484. The summed E-state index contributed by atoms with van der Waals surface area (Å²) < 4.78 is 6.96. The molecular formula is C28H27N5O4. The molecule has 0 saturated carbocycles. The van der Waals surface area contributed by atoms with E-state index in [2.05, 4.69) is 10.4 Å². The number of carbonyl (C=O) groups is 3. The molecule has 188 valence electrons. The topological polar surface area (TPSA) is 120 Å². The van der Waals surface area contributed by atoms with Gasteiger partial charge < -0.3 is 20.7 Å². The zero-order chi connectivity index (χ0) is 26.3. The number of ether oxygens (including phenoxy) is 1. The maximum absolute atomic E-state index is 13.4. The van der Waals surface area contributed by atoms with Crippen LogP contribution >= 0.6 is 0 Å². The number of rotatable bonds is 7. The highest BCUT2D eigenvalue weighted by molar-refractivity contribution is 6.07. The number of hydrogen-bond acceptors (Lipinski definition) is 5. The standard InChI is InChI=1S/C28H27N5O4/c1-16(26(29)34)14-33-15-24-22(18-4-5-19-13-30-32(2)25(19)10-18)11-20(12-23(24)28(33)36)31-27(35)17-6-8-21(37-3)9-7-17/h4-13,16H,14-15H2,1-3H3,(H2,29,34)(H,31,35). The quantitative estimate of drug-likeness (QED) is 0.405. The average Bonchev–Trinajstić information content (AvgIpc) is 3.42. The van der Waals surface area contributed by atoms with Crippen LogP contribution in [0.4, 0.5) is 5.69 Å². The molecular weight excluding hydrogens is 470 g/mol. The average molecular weight is 498 g/mol. The number of benzene rings is 3. The van der Waals surface area contributed by atoms with Gasteiger partial charge in [-0.05, 0) is 59.2 Å². The first-order valence-corrected chi connectivity index (χ1v) is 11.9. The van der Waals surface area contributed by atoms with E-state index >= 15 is 0 Å². The highest BCUT2D eigenvalue weighted by Crippen LogP contribution is 2.37. The van der Waals surface area contributed by atoms with Gasteiger partial charge in [-0.3, -0.25) is 19.1 Å². The Labute approximate surface area is 213 Å². The number of amides is 3. The van der Waals surface area contributed by atoms with Gasteiger partial charge in [0.2, 0.25) is 5.91 Å². The van der Waals surface area contributed by atoms with Crippen LogP contribution in [0.3, 0.4) is 0 Å². The van der Waals surface area contributed by atoms with Gasteiger partial charge in [0.15, 0.2) is 0 Å². The highest BCUT2D eigenvalue weighted by atomic mass is 16.5. The van der Waals surface area contributed by atoms with Crippen molar-refractivity contribution in [2.24, 2.45) is 18.7 Å². The first-order valence-electron chi connectivity index (χ1n) is 11.9. The minimum Gasteiger partial charge on any atom is -0.497 e. The number of nitrogens with two attached hydrogens (primary N) is 1. The van der Waals surface area contributed by atoms with Gasteiger partial charge >= 0.3 is 0 Å². The van der Waals surface area contributed by atoms with E-state index in [1.807, 2.05) is 31.3 Å². The third-order valence-electron chi connectivity index (χ3n) is 6.77. The summed E-state index contributed by atoms with van der Waals surface area (Å²) in [7, 11) is 3.44. The summed E-state index contributed by atoms with van der Waals surface area (Å²) in [5.74, 6) is -0.801. The molecule has 3 amide bonds. The molecule has 4 aromatic rings. The molecule has 2 heterocycles. The van der Waals surface area contributed by atoms with Gasteiger partial charge in [-0.15, -0.1) is 0 Å². The molecule has 1 aliphatic heterocycles. The molecule has 5 rings (SSSR count). The summed E-state index contributed by atoms with van der Waals surface area (Å²) in [6.45, 7) is 2.27. The van der Waals surface area contributed by atoms with Crippen LogP contribution in [0.1, 0.15) is 33.2 Å². The number of anilines is 1. The molecule has 0 saturated heterocycles. The second-order valence-corrected chi connectivity index (χ2v) is 9.26. The maximum Gasteiger partial charge on any atom is 0.255 e. The Morgan fingerprint density at radius 1 is 1.11 bits per heavy atom. The van der Waals surface area contributed by atoms with Crippen molar-refractivity contribution in [3.05, 3.63) is 77.5 Å². The van der Waals surface area contributed by atoms with E-state index in [0.29, 0.717) is 29.1 Å². The molecule has 1 atom stereocenters. The van der Waals surface area contributed by atoms with E-state index in [0.717, 1.165) is 27.6 Å². The number of aromatic nitrogens is 2. The van der Waals surface area contributed by atoms with Gasteiger partial charge in [0.25, 0.3) is 11.8 Å². The van der Waals surface area contributed by atoms with Gasteiger partial charge in [0.1, 0.15) is 5.75 Å². The maximum atomic E-state index is 13.4. The molecule has 0 aliphatic carbocycles. The summed E-state index contributed by atoms with van der Waals surface area (Å²) in [5, 5.41) is 8.25. The number of fused-ring (bicyclic) bond motifs is 2. The lowest BCUT2D eigenvalue weighted by molar-refractivity contribution is -0.121. The van der Waals surface area contributed by atoms with Crippen LogP contribution in [0, 0.1) is 5.92 Å². The zero-order valence-electron chi connectivity index (χ0n) is 20.8. The van der Waals surface area contributed by atoms with Crippen LogP contribution in [0.25, 0.3) is 22.0 Å². The Hall–Kier alpha value is -4.66. The molecule has 1 aliphatic rings. The molecule has 9 nitrogen and oxygen atoms in total. The lowest BCUT2D eigenvalue weighted by Gasteiger charge is -2.18. The molecule has 3 aromatic carbocycles. The molecule has 0 fully saturated rings. The number of nitrogens with one attached hydrogen (secondary N) is 1. The lowest BCUT2D eigenvalue weighted by atomic mass is 9.95. The fourth-order valence-corrected chi connectivity index (χ4v) is 4.62. The van der Waals surface area contributed by atoms with E-state index in [9.17, 15) is 14.4 Å². The molecule has 0 radical (unpaired) electrons. The van der Waals surface area contributed by atoms with Crippen molar-refractivity contribution in [1.29, 1.82) is 0 Å². The largest absolute Gasteiger partial charge is 0.497 e. The third-order valence-corrected chi connectivity index (χ3v) is 6.77. The summed E-state index contributed by atoms with van der Waals surface area (Å²) in [4.78, 5) is 39.7. The summed E-state index contributed by atoms with van der Waals surface area (Å²) in [6, 6.07) is 16.3. The predicted octanol–water partition coefficient (Wildman–Crippen LogP) is 3.58. The van der Waals surface area contributed by atoms with Gasteiger partial charge in [-0.2, -0.15) is 5.10 Å².